The van der Waals surface area contributed by atoms with Gasteiger partial charge in [-0.05, 0) is 12.3 Å². The van der Waals surface area contributed by atoms with Crippen LogP contribution in [0.5, 0.6) is 0 Å². The van der Waals surface area contributed by atoms with Gasteiger partial charge >= 0.3 is 0 Å². The molecule has 0 fully saturated rings. The number of hydrogen-bond donors (Lipinski definition) is 0. The highest BCUT2D eigenvalue weighted by Crippen LogP contribution is 2.09. The third-order valence-corrected chi connectivity index (χ3v) is 2.54. The molecule has 15 heavy (non-hydrogen) atoms. The molecule has 0 saturated heterocycles. The van der Waals surface area contributed by atoms with Crippen molar-refractivity contribution in [1.29, 1.82) is 0 Å². The molecule has 0 aliphatic carbocycles. The van der Waals surface area contributed by atoms with Crippen molar-refractivity contribution in [3.63, 3.8) is 0 Å². The molecule has 0 amide bonds. The molecular weight excluding hydrogens is 184 g/mol. The standard InChI is InChI=1S/C14H23O/c1-2-3-4-5-6-7-8-9-10-11-12-13-14-15/h2-11H2,1H3. The van der Waals surface area contributed by atoms with E-state index in [9.17, 15) is 4.79 Å². The maximum Gasteiger partial charge on any atom is 0.284 e. The molecule has 0 aromatic heterocycles. The smallest absolute Gasteiger partial charge is 0.275 e. The lowest BCUT2D eigenvalue weighted by molar-refractivity contribution is 0.565. The van der Waals surface area contributed by atoms with Crippen LogP contribution >= 0.6 is 0 Å². The van der Waals surface area contributed by atoms with E-state index in [1.54, 1.807) is 6.29 Å². The summed E-state index contributed by atoms with van der Waals surface area (Å²) in [6.45, 7) is 2.25. The lowest BCUT2D eigenvalue weighted by Gasteiger charge is -1.99. The van der Waals surface area contributed by atoms with E-state index >= 15 is 0 Å². The molecule has 0 bridgehead atoms. The third kappa shape index (κ3) is 13.2. The van der Waals surface area contributed by atoms with Gasteiger partial charge in [0.2, 0.25) is 0 Å². The fourth-order valence-corrected chi connectivity index (χ4v) is 1.62. The first-order valence-corrected chi connectivity index (χ1v) is 6.26. The Kier molecular flexibility index (Phi) is 12.6. The van der Waals surface area contributed by atoms with Crippen LogP contribution in [0.2, 0.25) is 0 Å². The van der Waals surface area contributed by atoms with Crippen LogP contribution in [0.15, 0.2) is 0 Å². The molecule has 1 heteroatoms. The zero-order valence-electron chi connectivity index (χ0n) is 9.98. The normalized spacial score (nSPS) is 9.40. The first-order chi connectivity index (χ1) is 7.41. The Balaban J connectivity index is 2.95. The Labute approximate surface area is 94.6 Å². The van der Waals surface area contributed by atoms with Crippen molar-refractivity contribution in [1.82, 2.24) is 0 Å². The molecule has 0 aliphatic rings. The second-order valence-corrected chi connectivity index (χ2v) is 3.98. The molecule has 0 unspecified atom stereocenters. The summed E-state index contributed by atoms with van der Waals surface area (Å²) in [6, 6.07) is 0. The number of rotatable bonds is 9. The highest BCUT2D eigenvalue weighted by atomic mass is 16.1. The van der Waals surface area contributed by atoms with Crippen molar-refractivity contribution in [3.05, 3.63) is 0 Å². The molecule has 0 aromatic rings. The van der Waals surface area contributed by atoms with Gasteiger partial charge in [0.05, 0.1) is 0 Å². The monoisotopic (exact) mass is 207 g/mol. The highest BCUT2D eigenvalue weighted by Gasteiger charge is 1.90. The van der Waals surface area contributed by atoms with E-state index in [-0.39, 0.29) is 0 Å². The summed E-state index contributed by atoms with van der Waals surface area (Å²) in [5.74, 6) is 5.10. The first kappa shape index (κ1) is 14.2. The Hall–Kier alpha value is -0.770. The molecule has 1 radical (unpaired) electrons. The largest absolute Gasteiger partial charge is 0.284 e. The van der Waals surface area contributed by atoms with E-state index < -0.39 is 0 Å². The molecular formula is C14H23O. The zero-order chi connectivity index (χ0) is 11.2. The van der Waals surface area contributed by atoms with Crippen LogP contribution < -0.4 is 0 Å². The summed E-state index contributed by atoms with van der Waals surface area (Å²) in [4.78, 5) is 9.77. The molecule has 0 heterocycles. The molecule has 0 saturated carbocycles. The Bertz CT molecular complexity index is 185. The fraction of sp³-hybridized carbons (Fsp3) is 0.786. The van der Waals surface area contributed by atoms with Gasteiger partial charge in [-0.2, -0.15) is 0 Å². The average molecular weight is 207 g/mol. The number of hydrogen-bond acceptors (Lipinski definition) is 1. The van der Waals surface area contributed by atoms with Crippen molar-refractivity contribution in [2.24, 2.45) is 0 Å². The summed E-state index contributed by atoms with van der Waals surface area (Å²) >= 11 is 0. The van der Waals surface area contributed by atoms with Crippen LogP contribution in [-0.2, 0) is 4.79 Å². The van der Waals surface area contributed by atoms with Crippen LogP contribution in [-0.4, -0.2) is 6.29 Å². The highest BCUT2D eigenvalue weighted by molar-refractivity contribution is 5.73. The maximum absolute atomic E-state index is 9.77. The van der Waals surface area contributed by atoms with Crippen molar-refractivity contribution < 1.29 is 4.79 Å². The van der Waals surface area contributed by atoms with Gasteiger partial charge in [-0.1, -0.05) is 64.2 Å². The third-order valence-electron chi connectivity index (χ3n) is 2.54. The number of carbonyl (C=O) groups excluding carboxylic acids is 1. The minimum Gasteiger partial charge on any atom is -0.275 e. The van der Waals surface area contributed by atoms with Crippen molar-refractivity contribution in [2.45, 2.75) is 71.1 Å². The SMILES string of the molecule is CCCCCCCCCCCC#C[C]=O. The van der Waals surface area contributed by atoms with E-state index in [0.29, 0.717) is 0 Å². The fourth-order valence-electron chi connectivity index (χ4n) is 1.62. The van der Waals surface area contributed by atoms with Crippen molar-refractivity contribution >= 4 is 6.29 Å². The van der Waals surface area contributed by atoms with Gasteiger partial charge in [-0.25, -0.2) is 0 Å². The van der Waals surface area contributed by atoms with Gasteiger partial charge in [0.25, 0.3) is 6.29 Å². The summed E-state index contributed by atoms with van der Waals surface area (Å²) in [5, 5.41) is 0. The first-order valence-electron chi connectivity index (χ1n) is 6.26. The predicted octanol–water partition coefficient (Wildman–Crippen LogP) is 4.02. The summed E-state index contributed by atoms with van der Waals surface area (Å²) < 4.78 is 0. The second kappa shape index (κ2) is 13.2. The van der Waals surface area contributed by atoms with Crippen LogP contribution in [0.3, 0.4) is 0 Å². The lowest BCUT2D eigenvalue weighted by atomic mass is 10.1. The maximum atomic E-state index is 9.77. The molecule has 0 N–H and O–H groups in total. The quantitative estimate of drug-likeness (QED) is 0.412. The van der Waals surface area contributed by atoms with Crippen LogP contribution in [0.4, 0.5) is 0 Å². The molecule has 0 spiro atoms. The summed E-state index contributed by atoms with van der Waals surface area (Å²) in [5.41, 5.74) is 0. The molecule has 1 nitrogen and oxygen atoms in total. The predicted molar refractivity (Wildman–Crippen MR) is 65.3 cm³/mol. The zero-order valence-corrected chi connectivity index (χ0v) is 9.98. The van der Waals surface area contributed by atoms with E-state index in [4.69, 9.17) is 0 Å². The molecule has 0 rings (SSSR count). The minimum atomic E-state index is 0.852. The summed E-state index contributed by atoms with van der Waals surface area (Å²) in [6.07, 6.45) is 14.4. The lowest BCUT2D eigenvalue weighted by Crippen LogP contribution is -1.80. The minimum absolute atomic E-state index is 0.852. The van der Waals surface area contributed by atoms with Crippen molar-refractivity contribution in [3.8, 4) is 11.8 Å². The molecule has 0 aromatic carbocycles. The van der Waals surface area contributed by atoms with Crippen LogP contribution in [0, 0.1) is 11.8 Å². The summed E-state index contributed by atoms with van der Waals surface area (Å²) in [7, 11) is 0. The topological polar surface area (TPSA) is 17.1 Å². The molecule has 0 atom stereocenters. The number of unbranched alkanes of at least 4 members (excludes halogenated alkanes) is 9. The second-order valence-electron chi connectivity index (χ2n) is 3.98. The van der Waals surface area contributed by atoms with E-state index in [1.165, 1.54) is 51.4 Å². The van der Waals surface area contributed by atoms with Crippen LogP contribution in [0.1, 0.15) is 71.1 Å². The Morgan fingerprint density at radius 1 is 0.800 bits per heavy atom. The van der Waals surface area contributed by atoms with Gasteiger partial charge in [0.1, 0.15) is 0 Å². The van der Waals surface area contributed by atoms with Gasteiger partial charge in [0, 0.05) is 6.42 Å². The van der Waals surface area contributed by atoms with Crippen LogP contribution in [0.25, 0.3) is 0 Å². The molecule has 0 aliphatic heterocycles. The van der Waals surface area contributed by atoms with E-state index in [2.05, 4.69) is 18.8 Å². The van der Waals surface area contributed by atoms with Gasteiger partial charge in [-0.15, -0.1) is 0 Å². The van der Waals surface area contributed by atoms with Gasteiger partial charge in [0.15, 0.2) is 0 Å². The van der Waals surface area contributed by atoms with Gasteiger partial charge < -0.3 is 0 Å². The van der Waals surface area contributed by atoms with Crippen molar-refractivity contribution in [2.75, 3.05) is 0 Å². The van der Waals surface area contributed by atoms with E-state index in [1.807, 2.05) is 0 Å². The molecule has 85 valence electrons. The Morgan fingerprint density at radius 2 is 1.33 bits per heavy atom. The Morgan fingerprint density at radius 3 is 1.87 bits per heavy atom. The van der Waals surface area contributed by atoms with Gasteiger partial charge in [-0.3, -0.25) is 4.79 Å². The van der Waals surface area contributed by atoms with E-state index in [0.717, 1.165) is 12.8 Å². The average Bonchev–Trinajstić information content (AvgIpc) is 2.26.